The van der Waals surface area contributed by atoms with Crippen LogP contribution in [0.15, 0.2) is 54.9 Å². The number of piperidine rings is 1. The highest BCUT2D eigenvalue weighted by molar-refractivity contribution is 6.32. The highest BCUT2D eigenvalue weighted by atomic mass is 35.5. The van der Waals surface area contributed by atoms with Crippen LogP contribution < -0.4 is 5.32 Å². The molecule has 1 atom stereocenters. The molecule has 2 aromatic heterocycles. The third-order valence-electron chi connectivity index (χ3n) is 4.89. The first-order valence-corrected chi connectivity index (χ1v) is 9.73. The lowest BCUT2D eigenvalue weighted by atomic mass is 9.94. The molecule has 1 fully saturated rings. The standard InChI is InChI=1S/C21H19ClFN5O/c22-19-17(4-1-10-24-19)20(29)28-12-2-3-14(13-28)18-9-11-25-21(27-18)26-16-7-5-15(23)6-8-16/h1,4-11,14H,2-3,12-13H2,(H,25,26,27). The van der Waals surface area contributed by atoms with Gasteiger partial charge < -0.3 is 10.2 Å². The summed E-state index contributed by atoms with van der Waals surface area (Å²) in [6.07, 6.45) is 5.05. The van der Waals surface area contributed by atoms with Gasteiger partial charge in [-0.25, -0.2) is 19.3 Å². The Hall–Kier alpha value is -3.06. The molecule has 0 spiro atoms. The average molecular weight is 412 g/mol. The molecular weight excluding hydrogens is 393 g/mol. The molecule has 4 rings (SSSR count). The Bertz CT molecular complexity index is 1010. The molecule has 148 valence electrons. The number of pyridine rings is 1. The summed E-state index contributed by atoms with van der Waals surface area (Å²) < 4.78 is 13.1. The van der Waals surface area contributed by atoms with Crippen molar-refractivity contribution in [2.24, 2.45) is 0 Å². The summed E-state index contributed by atoms with van der Waals surface area (Å²) in [7, 11) is 0. The molecule has 1 N–H and O–H groups in total. The number of benzene rings is 1. The Labute approximate surface area is 172 Å². The molecule has 3 aromatic rings. The van der Waals surface area contributed by atoms with Crippen LogP contribution in [0.5, 0.6) is 0 Å². The largest absolute Gasteiger partial charge is 0.338 e. The number of carbonyl (C=O) groups is 1. The Morgan fingerprint density at radius 3 is 2.76 bits per heavy atom. The number of likely N-dealkylation sites (tertiary alicyclic amines) is 1. The smallest absolute Gasteiger partial charge is 0.257 e. The first-order valence-electron chi connectivity index (χ1n) is 9.35. The Morgan fingerprint density at radius 1 is 1.14 bits per heavy atom. The van der Waals surface area contributed by atoms with Crippen LogP contribution in [0.4, 0.5) is 16.0 Å². The minimum absolute atomic E-state index is 0.0971. The van der Waals surface area contributed by atoms with Crippen LogP contribution in [0.2, 0.25) is 5.15 Å². The molecule has 0 aliphatic carbocycles. The van der Waals surface area contributed by atoms with E-state index in [-0.39, 0.29) is 22.8 Å². The van der Waals surface area contributed by atoms with Crippen LogP contribution in [-0.2, 0) is 0 Å². The molecule has 0 bridgehead atoms. The van der Waals surface area contributed by atoms with E-state index in [1.54, 1.807) is 41.6 Å². The number of nitrogens with zero attached hydrogens (tertiary/aromatic N) is 4. The van der Waals surface area contributed by atoms with Gasteiger partial charge in [-0.2, -0.15) is 0 Å². The fraction of sp³-hybridized carbons (Fsp3) is 0.238. The van der Waals surface area contributed by atoms with Gasteiger partial charge >= 0.3 is 0 Å². The molecule has 1 unspecified atom stereocenters. The normalized spacial score (nSPS) is 16.5. The average Bonchev–Trinajstić information content (AvgIpc) is 2.76. The second kappa shape index (κ2) is 8.53. The van der Waals surface area contributed by atoms with Crippen molar-refractivity contribution in [1.82, 2.24) is 19.9 Å². The third-order valence-corrected chi connectivity index (χ3v) is 5.20. The fourth-order valence-corrected chi connectivity index (χ4v) is 3.64. The Balaban J connectivity index is 1.49. The van der Waals surface area contributed by atoms with Crippen molar-refractivity contribution < 1.29 is 9.18 Å². The third kappa shape index (κ3) is 4.51. The van der Waals surface area contributed by atoms with Crippen molar-refractivity contribution in [3.63, 3.8) is 0 Å². The van der Waals surface area contributed by atoms with Gasteiger partial charge in [-0.1, -0.05) is 11.6 Å². The van der Waals surface area contributed by atoms with E-state index in [0.717, 1.165) is 18.5 Å². The minimum atomic E-state index is -0.300. The lowest BCUT2D eigenvalue weighted by Crippen LogP contribution is -2.39. The number of carbonyl (C=O) groups excluding carboxylic acids is 1. The molecule has 29 heavy (non-hydrogen) atoms. The van der Waals surface area contributed by atoms with Crippen LogP contribution in [0, 0.1) is 5.82 Å². The van der Waals surface area contributed by atoms with Gasteiger partial charge in [0, 0.05) is 37.1 Å². The molecule has 1 aliphatic rings. The number of aromatic nitrogens is 3. The Kier molecular flexibility index (Phi) is 5.67. The van der Waals surface area contributed by atoms with Crippen molar-refractivity contribution in [1.29, 1.82) is 0 Å². The van der Waals surface area contributed by atoms with Crippen LogP contribution in [0.3, 0.4) is 0 Å². The van der Waals surface area contributed by atoms with Gasteiger partial charge in [-0.05, 0) is 55.3 Å². The van der Waals surface area contributed by atoms with E-state index in [0.29, 0.717) is 30.3 Å². The maximum Gasteiger partial charge on any atom is 0.257 e. The summed E-state index contributed by atoms with van der Waals surface area (Å²) >= 11 is 6.09. The van der Waals surface area contributed by atoms with Crippen molar-refractivity contribution in [3.05, 3.63) is 77.1 Å². The monoisotopic (exact) mass is 411 g/mol. The van der Waals surface area contributed by atoms with Gasteiger partial charge in [0.1, 0.15) is 11.0 Å². The lowest BCUT2D eigenvalue weighted by molar-refractivity contribution is 0.0705. The van der Waals surface area contributed by atoms with Gasteiger partial charge in [0.05, 0.1) is 11.3 Å². The topological polar surface area (TPSA) is 71.0 Å². The zero-order chi connectivity index (χ0) is 20.2. The summed E-state index contributed by atoms with van der Waals surface area (Å²) in [5.74, 6) is 0.116. The summed E-state index contributed by atoms with van der Waals surface area (Å²) in [4.78, 5) is 27.5. The predicted molar refractivity (Wildman–Crippen MR) is 109 cm³/mol. The molecule has 1 aliphatic heterocycles. The number of hydrogen-bond donors (Lipinski definition) is 1. The molecule has 8 heteroatoms. The predicted octanol–water partition coefficient (Wildman–Crippen LogP) is 4.43. The first kappa shape index (κ1) is 19.3. The van der Waals surface area contributed by atoms with E-state index < -0.39 is 0 Å². The molecule has 6 nitrogen and oxygen atoms in total. The SMILES string of the molecule is O=C(c1cccnc1Cl)N1CCCC(c2ccnc(Nc3ccc(F)cc3)n2)C1. The highest BCUT2D eigenvalue weighted by Gasteiger charge is 2.27. The van der Waals surface area contributed by atoms with Gasteiger partial charge in [-0.3, -0.25) is 4.79 Å². The van der Waals surface area contributed by atoms with E-state index in [4.69, 9.17) is 11.6 Å². The zero-order valence-corrected chi connectivity index (χ0v) is 16.3. The second-order valence-electron chi connectivity index (χ2n) is 6.87. The number of amides is 1. The molecule has 0 saturated carbocycles. The van der Waals surface area contributed by atoms with Crippen LogP contribution in [0.25, 0.3) is 0 Å². The number of hydrogen-bond acceptors (Lipinski definition) is 5. The van der Waals surface area contributed by atoms with Crippen LogP contribution in [-0.4, -0.2) is 38.8 Å². The molecule has 1 amide bonds. The molecular formula is C21H19ClFN5O. The first-order chi connectivity index (χ1) is 14.1. The molecule has 1 saturated heterocycles. The summed E-state index contributed by atoms with van der Waals surface area (Å²) in [6.45, 7) is 1.23. The highest BCUT2D eigenvalue weighted by Crippen LogP contribution is 2.28. The van der Waals surface area contributed by atoms with E-state index in [1.165, 1.54) is 12.1 Å². The summed E-state index contributed by atoms with van der Waals surface area (Å²) in [5.41, 5.74) is 1.98. The van der Waals surface area contributed by atoms with Gasteiger partial charge in [0.2, 0.25) is 5.95 Å². The lowest BCUT2D eigenvalue weighted by Gasteiger charge is -2.32. The maximum atomic E-state index is 13.1. The van der Waals surface area contributed by atoms with E-state index >= 15 is 0 Å². The number of nitrogens with one attached hydrogen (secondary N) is 1. The number of rotatable bonds is 4. The van der Waals surface area contributed by atoms with Crippen molar-refractivity contribution in [3.8, 4) is 0 Å². The van der Waals surface area contributed by atoms with Crippen LogP contribution >= 0.6 is 11.6 Å². The van der Waals surface area contributed by atoms with Crippen molar-refractivity contribution in [2.45, 2.75) is 18.8 Å². The molecule has 1 aromatic carbocycles. The Morgan fingerprint density at radius 2 is 1.97 bits per heavy atom. The van der Waals surface area contributed by atoms with Crippen molar-refractivity contribution >= 4 is 29.1 Å². The minimum Gasteiger partial charge on any atom is -0.338 e. The van der Waals surface area contributed by atoms with Gasteiger partial charge in [-0.15, -0.1) is 0 Å². The van der Waals surface area contributed by atoms with E-state index in [1.807, 2.05) is 6.07 Å². The van der Waals surface area contributed by atoms with Gasteiger partial charge in [0.25, 0.3) is 5.91 Å². The van der Waals surface area contributed by atoms with Crippen LogP contribution in [0.1, 0.15) is 34.8 Å². The molecule has 3 heterocycles. The second-order valence-corrected chi connectivity index (χ2v) is 7.23. The van der Waals surface area contributed by atoms with Gasteiger partial charge in [0.15, 0.2) is 0 Å². The summed E-state index contributed by atoms with van der Waals surface area (Å²) in [6, 6.07) is 11.3. The van der Waals surface area contributed by atoms with E-state index in [2.05, 4.69) is 20.3 Å². The quantitative estimate of drug-likeness (QED) is 0.643. The number of anilines is 2. The summed E-state index contributed by atoms with van der Waals surface area (Å²) in [5, 5.41) is 3.30. The maximum absolute atomic E-state index is 13.1. The van der Waals surface area contributed by atoms with Crippen molar-refractivity contribution in [2.75, 3.05) is 18.4 Å². The van der Waals surface area contributed by atoms with E-state index in [9.17, 15) is 9.18 Å². The number of halogens is 2. The fourth-order valence-electron chi connectivity index (χ4n) is 3.44. The zero-order valence-electron chi connectivity index (χ0n) is 15.6. The molecule has 0 radical (unpaired) electrons.